The van der Waals surface area contributed by atoms with Crippen LogP contribution in [0.15, 0.2) is 30.3 Å². The van der Waals surface area contributed by atoms with Crippen molar-refractivity contribution < 1.29 is 4.74 Å². The topological polar surface area (TPSA) is 21.3 Å². The largest absolute Gasteiger partial charge is 0.494 e. The molecule has 0 saturated heterocycles. The molecule has 0 aliphatic rings. The molecule has 1 heterocycles. The number of benzene rings is 1. The Morgan fingerprint density at radius 1 is 1.16 bits per heavy atom. The van der Waals surface area contributed by atoms with Crippen molar-refractivity contribution in [2.45, 2.75) is 33.9 Å². The highest BCUT2D eigenvalue weighted by molar-refractivity contribution is 7.12. The van der Waals surface area contributed by atoms with Gasteiger partial charge in [0.1, 0.15) is 5.75 Å². The van der Waals surface area contributed by atoms with E-state index in [1.807, 2.05) is 30.4 Å². The zero-order valence-electron chi connectivity index (χ0n) is 11.8. The Bertz CT molecular complexity index is 514. The zero-order valence-corrected chi connectivity index (χ0v) is 12.6. The second kappa shape index (κ2) is 6.73. The van der Waals surface area contributed by atoms with Gasteiger partial charge in [-0.1, -0.05) is 18.2 Å². The molecule has 2 aromatic rings. The fourth-order valence-electron chi connectivity index (χ4n) is 2.00. The molecule has 102 valence electrons. The lowest BCUT2D eigenvalue weighted by Gasteiger charge is -2.10. The highest BCUT2D eigenvalue weighted by atomic mass is 32.1. The van der Waals surface area contributed by atoms with Gasteiger partial charge in [0.15, 0.2) is 0 Å². The van der Waals surface area contributed by atoms with Crippen LogP contribution in [0.2, 0.25) is 0 Å². The van der Waals surface area contributed by atoms with E-state index in [-0.39, 0.29) is 0 Å². The van der Waals surface area contributed by atoms with Gasteiger partial charge in [-0.25, -0.2) is 0 Å². The monoisotopic (exact) mass is 275 g/mol. The van der Waals surface area contributed by atoms with Crippen LogP contribution in [0.1, 0.15) is 27.8 Å². The highest BCUT2D eigenvalue weighted by Crippen LogP contribution is 2.21. The molecule has 0 fully saturated rings. The summed E-state index contributed by atoms with van der Waals surface area (Å²) < 4.78 is 5.63. The van der Waals surface area contributed by atoms with Crippen molar-refractivity contribution in [1.82, 2.24) is 5.32 Å². The van der Waals surface area contributed by atoms with E-state index >= 15 is 0 Å². The van der Waals surface area contributed by atoms with Gasteiger partial charge >= 0.3 is 0 Å². The van der Waals surface area contributed by atoms with Crippen LogP contribution in [0.25, 0.3) is 0 Å². The van der Waals surface area contributed by atoms with Gasteiger partial charge in [-0.05, 0) is 38.5 Å². The second-order valence-corrected chi connectivity index (χ2v) is 5.94. The van der Waals surface area contributed by atoms with E-state index in [0.29, 0.717) is 6.61 Å². The van der Waals surface area contributed by atoms with Crippen LogP contribution in [0.5, 0.6) is 5.75 Å². The second-order valence-electron chi connectivity index (χ2n) is 4.60. The zero-order chi connectivity index (χ0) is 13.7. The number of nitrogens with one attached hydrogen (secondary N) is 1. The standard InChI is InChI=1S/C16H21NOS/c1-4-18-16-8-6-5-7-14(16)10-17-11-15-9-12(2)13(3)19-15/h5-9,17H,4,10-11H2,1-3H3. The molecule has 0 aliphatic carbocycles. The molecule has 0 saturated carbocycles. The normalized spacial score (nSPS) is 10.7. The third-order valence-electron chi connectivity index (χ3n) is 3.10. The molecule has 3 heteroatoms. The molecule has 0 aliphatic heterocycles. The summed E-state index contributed by atoms with van der Waals surface area (Å²) >= 11 is 1.87. The molecule has 19 heavy (non-hydrogen) atoms. The van der Waals surface area contributed by atoms with Crippen LogP contribution in [0, 0.1) is 13.8 Å². The van der Waals surface area contributed by atoms with Gasteiger partial charge in [-0.3, -0.25) is 0 Å². The first kappa shape index (κ1) is 14.1. The lowest BCUT2D eigenvalue weighted by Crippen LogP contribution is -2.12. The molecule has 0 bridgehead atoms. The number of ether oxygens (including phenoxy) is 1. The lowest BCUT2D eigenvalue weighted by atomic mass is 10.2. The molecule has 0 unspecified atom stereocenters. The van der Waals surface area contributed by atoms with Crippen molar-refractivity contribution in [3.05, 3.63) is 51.2 Å². The Balaban J connectivity index is 1.92. The number of hydrogen-bond acceptors (Lipinski definition) is 3. The highest BCUT2D eigenvalue weighted by Gasteiger charge is 2.04. The number of aryl methyl sites for hydroxylation is 2. The number of rotatable bonds is 6. The fraction of sp³-hybridized carbons (Fsp3) is 0.375. The van der Waals surface area contributed by atoms with E-state index in [0.717, 1.165) is 18.8 Å². The van der Waals surface area contributed by atoms with Gasteiger partial charge < -0.3 is 10.1 Å². The third kappa shape index (κ3) is 3.82. The Morgan fingerprint density at radius 3 is 2.63 bits per heavy atom. The number of hydrogen-bond donors (Lipinski definition) is 1. The van der Waals surface area contributed by atoms with Crippen molar-refractivity contribution in [3.8, 4) is 5.75 Å². The minimum absolute atomic E-state index is 0.709. The maximum absolute atomic E-state index is 5.63. The van der Waals surface area contributed by atoms with Crippen LogP contribution in [-0.2, 0) is 13.1 Å². The summed E-state index contributed by atoms with van der Waals surface area (Å²) in [6.45, 7) is 8.82. The Kier molecular flexibility index (Phi) is 5.00. The van der Waals surface area contributed by atoms with E-state index in [1.54, 1.807) is 0 Å². The molecule has 2 nitrogen and oxygen atoms in total. The van der Waals surface area contributed by atoms with Gasteiger partial charge in [0.2, 0.25) is 0 Å². The summed E-state index contributed by atoms with van der Waals surface area (Å²) in [5, 5.41) is 3.49. The Hall–Kier alpha value is -1.32. The third-order valence-corrected chi connectivity index (χ3v) is 4.26. The van der Waals surface area contributed by atoms with E-state index in [1.165, 1.54) is 20.9 Å². The van der Waals surface area contributed by atoms with Crippen LogP contribution < -0.4 is 10.1 Å². The van der Waals surface area contributed by atoms with Gasteiger partial charge in [-0.2, -0.15) is 0 Å². The molecular formula is C16H21NOS. The summed E-state index contributed by atoms with van der Waals surface area (Å²) in [5.41, 5.74) is 2.60. The van der Waals surface area contributed by atoms with Gasteiger partial charge in [-0.15, -0.1) is 11.3 Å². The molecule has 2 rings (SSSR count). The quantitative estimate of drug-likeness (QED) is 0.858. The predicted octanol–water partition coefficient (Wildman–Crippen LogP) is 4.05. The number of para-hydroxylation sites is 1. The number of thiophene rings is 1. The molecular weight excluding hydrogens is 254 g/mol. The van der Waals surface area contributed by atoms with E-state index in [4.69, 9.17) is 4.74 Å². The first-order valence-corrected chi connectivity index (χ1v) is 7.49. The molecule has 0 atom stereocenters. The maximum atomic E-state index is 5.63. The molecule has 0 spiro atoms. The average Bonchev–Trinajstić information content (AvgIpc) is 2.71. The molecule has 0 radical (unpaired) electrons. The van der Waals surface area contributed by atoms with E-state index in [9.17, 15) is 0 Å². The Labute approximate surface area is 119 Å². The van der Waals surface area contributed by atoms with Crippen LogP contribution in [0.3, 0.4) is 0 Å². The maximum Gasteiger partial charge on any atom is 0.123 e. The van der Waals surface area contributed by atoms with Crippen LogP contribution in [-0.4, -0.2) is 6.61 Å². The molecule has 1 N–H and O–H groups in total. The first-order valence-electron chi connectivity index (χ1n) is 6.68. The smallest absolute Gasteiger partial charge is 0.123 e. The summed E-state index contributed by atoms with van der Waals surface area (Å²) in [6, 6.07) is 10.5. The van der Waals surface area contributed by atoms with Crippen molar-refractivity contribution >= 4 is 11.3 Å². The van der Waals surface area contributed by atoms with Crippen molar-refractivity contribution in [2.24, 2.45) is 0 Å². The minimum Gasteiger partial charge on any atom is -0.494 e. The van der Waals surface area contributed by atoms with Gasteiger partial charge in [0, 0.05) is 28.4 Å². The van der Waals surface area contributed by atoms with E-state index in [2.05, 4.69) is 37.4 Å². The SMILES string of the molecule is CCOc1ccccc1CNCc1cc(C)c(C)s1. The van der Waals surface area contributed by atoms with Crippen molar-refractivity contribution in [2.75, 3.05) is 6.61 Å². The van der Waals surface area contributed by atoms with Crippen molar-refractivity contribution in [3.63, 3.8) is 0 Å². The van der Waals surface area contributed by atoms with Crippen LogP contribution >= 0.6 is 11.3 Å². The van der Waals surface area contributed by atoms with Gasteiger partial charge in [0.05, 0.1) is 6.61 Å². The first-order chi connectivity index (χ1) is 9.20. The lowest BCUT2D eigenvalue weighted by molar-refractivity contribution is 0.335. The summed E-state index contributed by atoms with van der Waals surface area (Å²) in [6.07, 6.45) is 0. The Morgan fingerprint density at radius 2 is 1.95 bits per heavy atom. The summed E-state index contributed by atoms with van der Waals surface area (Å²) in [7, 11) is 0. The van der Waals surface area contributed by atoms with Crippen LogP contribution in [0.4, 0.5) is 0 Å². The van der Waals surface area contributed by atoms with Crippen molar-refractivity contribution in [1.29, 1.82) is 0 Å². The van der Waals surface area contributed by atoms with Gasteiger partial charge in [0.25, 0.3) is 0 Å². The summed E-state index contributed by atoms with van der Waals surface area (Å²) in [4.78, 5) is 2.80. The predicted molar refractivity (Wildman–Crippen MR) is 81.9 cm³/mol. The molecule has 1 aromatic carbocycles. The fourth-order valence-corrected chi connectivity index (χ4v) is 3.03. The van der Waals surface area contributed by atoms with E-state index < -0.39 is 0 Å². The minimum atomic E-state index is 0.709. The average molecular weight is 275 g/mol. The summed E-state index contributed by atoms with van der Waals surface area (Å²) in [5.74, 6) is 0.982. The molecule has 0 amide bonds. The molecule has 1 aromatic heterocycles.